The summed E-state index contributed by atoms with van der Waals surface area (Å²) in [5.74, 6) is 0. The average Bonchev–Trinajstić information content (AvgIpc) is 1.96. The van der Waals surface area contributed by atoms with E-state index in [9.17, 15) is 14.4 Å². The summed E-state index contributed by atoms with van der Waals surface area (Å²) < 4.78 is 8.37. The van der Waals surface area contributed by atoms with Gasteiger partial charge in [-0.25, -0.2) is 4.79 Å². The fourth-order valence-corrected chi connectivity index (χ4v) is 0.681. The molecular formula is C5H6O5S2. The lowest BCUT2D eigenvalue weighted by atomic mass is 10.9. The van der Waals surface area contributed by atoms with Gasteiger partial charge in [-0.3, -0.25) is 9.59 Å². The van der Waals surface area contributed by atoms with Crippen molar-refractivity contribution in [1.29, 1.82) is 0 Å². The molecule has 5 nitrogen and oxygen atoms in total. The van der Waals surface area contributed by atoms with E-state index in [0.717, 1.165) is 0 Å². The van der Waals surface area contributed by atoms with Crippen LogP contribution in [0.1, 0.15) is 13.8 Å². The fraction of sp³-hybridized carbons (Fsp3) is 0.400. The lowest BCUT2D eigenvalue weighted by molar-refractivity contribution is -0.110. The summed E-state index contributed by atoms with van der Waals surface area (Å²) in [5.41, 5.74) is 0. The Hall–Kier alpha value is -0.690. The third-order valence-corrected chi connectivity index (χ3v) is 1.36. The smallest absolute Gasteiger partial charge is 0.350 e. The number of carbonyl (C=O) groups excluding carboxylic acids is 3. The topological polar surface area (TPSA) is 69.7 Å². The lowest BCUT2D eigenvalue weighted by Gasteiger charge is -1.97. The molecule has 0 bridgehead atoms. The Balaban J connectivity index is 3.47. The van der Waals surface area contributed by atoms with Gasteiger partial charge in [0.1, 0.15) is 24.1 Å². The van der Waals surface area contributed by atoms with Gasteiger partial charge in [0, 0.05) is 13.8 Å². The van der Waals surface area contributed by atoms with Crippen LogP contribution in [-0.2, 0) is 18.0 Å². The molecule has 0 saturated heterocycles. The van der Waals surface area contributed by atoms with Gasteiger partial charge in [0.15, 0.2) is 0 Å². The molecule has 68 valence electrons. The highest BCUT2D eigenvalue weighted by atomic mass is 32.2. The molecule has 0 atom stereocenters. The highest BCUT2D eigenvalue weighted by Crippen LogP contribution is 2.10. The first-order valence-corrected chi connectivity index (χ1v) is 4.25. The number of rotatable bonds is 0. The van der Waals surface area contributed by atoms with E-state index in [1.165, 1.54) is 13.8 Å². The van der Waals surface area contributed by atoms with E-state index < -0.39 is 6.16 Å². The monoisotopic (exact) mass is 210 g/mol. The molecule has 0 radical (unpaired) electrons. The van der Waals surface area contributed by atoms with Crippen molar-refractivity contribution in [2.75, 3.05) is 0 Å². The van der Waals surface area contributed by atoms with Gasteiger partial charge < -0.3 is 8.37 Å². The predicted octanol–water partition coefficient (Wildman–Crippen LogP) is 1.53. The number of carbonyl (C=O) groups is 3. The van der Waals surface area contributed by atoms with Crippen molar-refractivity contribution in [1.82, 2.24) is 0 Å². The van der Waals surface area contributed by atoms with E-state index in [2.05, 4.69) is 8.37 Å². The quantitative estimate of drug-likeness (QED) is 0.561. The molecule has 0 aromatic carbocycles. The van der Waals surface area contributed by atoms with Crippen LogP contribution in [0.15, 0.2) is 0 Å². The maximum absolute atomic E-state index is 10.5. The van der Waals surface area contributed by atoms with Gasteiger partial charge in [0.25, 0.3) is 0 Å². The summed E-state index contributed by atoms with van der Waals surface area (Å²) >= 11 is 0.706. The van der Waals surface area contributed by atoms with Gasteiger partial charge in [0.2, 0.25) is 10.2 Å². The van der Waals surface area contributed by atoms with Gasteiger partial charge >= 0.3 is 6.16 Å². The first-order valence-electron chi connectivity index (χ1n) is 2.76. The summed E-state index contributed by atoms with van der Waals surface area (Å²) in [6, 6.07) is 0. The highest BCUT2D eigenvalue weighted by Gasteiger charge is 2.09. The number of hydrogen-bond donors (Lipinski definition) is 0. The van der Waals surface area contributed by atoms with Crippen LogP contribution in [-0.4, -0.2) is 16.4 Å². The second kappa shape index (κ2) is 5.90. The van der Waals surface area contributed by atoms with Crippen LogP contribution in [0.3, 0.4) is 0 Å². The average molecular weight is 210 g/mol. The van der Waals surface area contributed by atoms with E-state index in [1.807, 2.05) is 0 Å². The molecular weight excluding hydrogens is 204 g/mol. The van der Waals surface area contributed by atoms with Crippen molar-refractivity contribution in [2.45, 2.75) is 13.8 Å². The van der Waals surface area contributed by atoms with Crippen LogP contribution in [0.2, 0.25) is 0 Å². The Labute approximate surface area is 77.6 Å². The van der Waals surface area contributed by atoms with E-state index in [1.54, 1.807) is 0 Å². The number of hydrogen-bond acceptors (Lipinski definition) is 7. The van der Waals surface area contributed by atoms with Gasteiger partial charge in [0.05, 0.1) is 0 Å². The summed E-state index contributed by atoms with van der Waals surface area (Å²) in [6.45, 7) is 2.46. The summed E-state index contributed by atoms with van der Waals surface area (Å²) in [5, 5.41) is -0.750. The van der Waals surface area contributed by atoms with Gasteiger partial charge in [-0.1, -0.05) is 0 Å². The minimum Gasteiger partial charge on any atom is -0.350 e. The molecule has 0 unspecified atom stereocenters. The van der Waals surface area contributed by atoms with Gasteiger partial charge in [-0.05, 0) is 0 Å². The molecule has 0 N–H and O–H groups in total. The highest BCUT2D eigenvalue weighted by molar-refractivity contribution is 8.10. The summed E-state index contributed by atoms with van der Waals surface area (Å²) in [7, 11) is 0. The first kappa shape index (κ1) is 11.3. The molecule has 0 rings (SSSR count). The predicted molar refractivity (Wildman–Crippen MR) is 44.1 cm³/mol. The zero-order valence-corrected chi connectivity index (χ0v) is 7.99. The van der Waals surface area contributed by atoms with Crippen LogP contribution in [0, 0.1) is 0 Å². The Bertz CT molecular complexity index is 182. The third-order valence-electron chi connectivity index (χ3n) is 0.454. The Morgan fingerprint density at radius 2 is 1.25 bits per heavy atom. The zero-order chi connectivity index (χ0) is 9.56. The Morgan fingerprint density at radius 3 is 1.50 bits per heavy atom. The van der Waals surface area contributed by atoms with E-state index in [4.69, 9.17) is 0 Å². The molecule has 0 heterocycles. The first-order chi connectivity index (χ1) is 5.52. The second-order valence-corrected chi connectivity index (χ2v) is 3.38. The van der Waals surface area contributed by atoms with Crippen LogP contribution >= 0.6 is 24.1 Å². The van der Waals surface area contributed by atoms with E-state index in [0.29, 0.717) is 24.1 Å². The molecule has 0 fully saturated rings. The summed E-state index contributed by atoms with van der Waals surface area (Å²) in [4.78, 5) is 30.9. The van der Waals surface area contributed by atoms with Crippen molar-refractivity contribution in [3.05, 3.63) is 0 Å². The maximum Gasteiger partial charge on any atom is 0.534 e. The molecule has 12 heavy (non-hydrogen) atoms. The second-order valence-electron chi connectivity index (χ2n) is 1.57. The van der Waals surface area contributed by atoms with Gasteiger partial charge in [-0.2, -0.15) is 0 Å². The van der Waals surface area contributed by atoms with Crippen molar-refractivity contribution in [2.24, 2.45) is 0 Å². The molecule has 0 aromatic rings. The third kappa shape index (κ3) is 7.42. The van der Waals surface area contributed by atoms with Crippen molar-refractivity contribution in [3.63, 3.8) is 0 Å². The molecule has 0 aliphatic heterocycles. The van der Waals surface area contributed by atoms with Crippen LogP contribution in [0.5, 0.6) is 0 Å². The maximum atomic E-state index is 10.5. The molecule has 0 aliphatic rings. The zero-order valence-electron chi connectivity index (χ0n) is 6.36. The van der Waals surface area contributed by atoms with E-state index in [-0.39, 0.29) is 10.2 Å². The molecule has 0 spiro atoms. The van der Waals surface area contributed by atoms with Crippen LogP contribution < -0.4 is 0 Å². The van der Waals surface area contributed by atoms with Crippen molar-refractivity contribution >= 4 is 40.5 Å². The van der Waals surface area contributed by atoms with E-state index >= 15 is 0 Å². The Morgan fingerprint density at radius 1 is 0.917 bits per heavy atom. The van der Waals surface area contributed by atoms with Crippen LogP contribution in [0.4, 0.5) is 4.79 Å². The van der Waals surface area contributed by atoms with Crippen LogP contribution in [0.25, 0.3) is 0 Å². The largest absolute Gasteiger partial charge is 0.534 e. The minimum atomic E-state index is -1.07. The van der Waals surface area contributed by atoms with Crippen molar-refractivity contribution in [3.8, 4) is 0 Å². The Kier molecular flexibility index (Phi) is 5.56. The fourth-order valence-electron chi connectivity index (χ4n) is 0.199. The SMILES string of the molecule is CC(=O)SOC(=O)OSC(C)=O. The van der Waals surface area contributed by atoms with Crippen molar-refractivity contribution < 1.29 is 22.7 Å². The minimum absolute atomic E-state index is 0.353. The molecule has 7 heteroatoms. The van der Waals surface area contributed by atoms with Gasteiger partial charge in [-0.15, -0.1) is 0 Å². The standard InChI is InChI=1S/C5H6O5S2/c1-3(6)11-9-5(8)10-12-4(2)7/h1-2H3. The lowest BCUT2D eigenvalue weighted by Crippen LogP contribution is -2.00. The molecule has 0 saturated carbocycles. The normalized spacial score (nSPS) is 8.83. The molecule has 0 aliphatic carbocycles. The molecule has 0 aromatic heterocycles. The summed E-state index contributed by atoms with van der Waals surface area (Å²) in [6.07, 6.45) is -1.07. The molecule has 0 amide bonds.